The maximum atomic E-state index is 16.0. The van der Waals surface area contributed by atoms with Gasteiger partial charge in [-0.3, -0.25) is 14.5 Å². The third-order valence-electron chi connectivity index (χ3n) is 32.0. The molecule has 39 rings (SSSR count). The summed E-state index contributed by atoms with van der Waals surface area (Å²) in [5, 5.41) is 85.1. The van der Waals surface area contributed by atoms with Gasteiger partial charge < -0.3 is 0 Å². The van der Waals surface area contributed by atoms with Crippen LogP contribution in [0.1, 0.15) is 82.4 Å². The molecule has 2 spiro atoms. The van der Waals surface area contributed by atoms with Crippen LogP contribution in [-0.4, -0.2) is 23.0 Å². The third-order valence-corrected chi connectivity index (χ3v) is 32.0. The number of nitrogens with zero attached hydrogens (tertiary/aromatic N) is 1. The van der Waals surface area contributed by atoms with Crippen molar-refractivity contribution < 1.29 is 9.59 Å². The Balaban J connectivity index is 0.900. The second-order valence-electron chi connectivity index (χ2n) is 33.3. The fourth-order valence-corrected chi connectivity index (χ4v) is 30.9. The standard InChI is InChI=1S/C95H25NO2/c97-90-28-18-10-11-19-29(28)91(98)31-22-24(20-21-30(31)90)92-94-88-82-76-66-54-46-38-34-32-33-36-40(38)48(54)58-52-44(36)45-37(33)41-39-35(32)43-42(34)50-56(46)64-70-60(50)61-51(43)57-47(39)55-49(41)59-53(45)63-62(52)74(68(58)76)84(88)85-75(63)69(59)77-67(55)73-65(57)71(61)79-78(70)86(80(82)72(64)66)93(94,87(79)81(73)83(77)89(85)94)23-96(92)95(25-12-4-1-5-13-25,26-14-6-2-7-15-26)27-16-8-3-9-17-27/h1-22,92H,23H2. The molecule has 33 aromatic carbocycles. The Morgan fingerprint density at radius 1 is 0.245 bits per heavy atom. The predicted octanol–water partition coefficient (Wildman–Crippen LogP) is 23.1. The minimum atomic E-state index is -0.914. The molecule has 0 bridgehead atoms. The van der Waals surface area contributed by atoms with E-state index in [1.54, 1.807) is 313 Å². The Morgan fingerprint density at radius 2 is 0.469 bits per heavy atom. The van der Waals surface area contributed by atoms with Gasteiger partial charge in [-0.1, -0.05) is 121 Å². The first kappa shape index (κ1) is 41.0. The fraction of sp³-hybridized carbons (Fsp3) is 0.0526. The smallest absolute Gasteiger partial charge is 0.194 e. The van der Waals surface area contributed by atoms with Crippen molar-refractivity contribution in [2.45, 2.75) is 22.4 Å². The average Bonchev–Trinajstić information content (AvgIpc) is 1.38. The third kappa shape index (κ3) is 2.63. The van der Waals surface area contributed by atoms with Gasteiger partial charge in [0.2, 0.25) is 0 Å². The molecule has 6 aliphatic rings. The van der Waals surface area contributed by atoms with Crippen molar-refractivity contribution in [2.75, 3.05) is 6.54 Å². The van der Waals surface area contributed by atoms with E-state index in [1.165, 1.54) is 16.7 Å². The Bertz CT molecular complexity index is 9110. The summed E-state index contributed by atoms with van der Waals surface area (Å²) in [5.41, 5.74) is 10.8. The topological polar surface area (TPSA) is 37.4 Å². The van der Waals surface area contributed by atoms with Gasteiger partial charge in [-0.15, -0.1) is 0 Å². The van der Waals surface area contributed by atoms with E-state index in [0.717, 1.165) is 5.56 Å². The van der Waals surface area contributed by atoms with E-state index in [9.17, 15) is 0 Å². The lowest BCUT2D eigenvalue weighted by atomic mass is 9.47. The van der Waals surface area contributed by atoms with Crippen LogP contribution in [0.5, 0.6) is 0 Å². The monoisotopic (exact) mass is 1210 g/mol. The van der Waals surface area contributed by atoms with E-state index in [4.69, 9.17) is 0 Å². The number of fused-ring (bicyclic) bond motifs is 2. The molecule has 1 unspecified atom stereocenters. The van der Waals surface area contributed by atoms with Crippen LogP contribution in [0.15, 0.2) is 133 Å². The van der Waals surface area contributed by atoms with Gasteiger partial charge in [-0.05, 0) is 347 Å². The number of hydrogen-bond acceptors (Lipinski definition) is 3. The molecule has 422 valence electrons. The van der Waals surface area contributed by atoms with Crippen molar-refractivity contribution in [3.8, 4) is 0 Å². The Hall–Kier alpha value is -12.1. The second kappa shape index (κ2) is 10.5. The molecule has 98 heavy (non-hydrogen) atoms. The summed E-state index contributed by atoms with van der Waals surface area (Å²) in [6.07, 6.45) is 0. The van der Waals surface area contributed by atoms with Crippen LogP contribution in [-0.2, 0) is 16.4 Å². The van der Waals surface area contributed by atoms with Gasteiger partial charge in [0, 0.05) is 28.8 Å². The molecule has 3 heteroatoms. The van der Waals surface area contributed by atoms with Crippen LogP contribution in [0, 0.1) is 0 Å². The zero-order valence-corrected chi connectivity index (χ0v) is 50.7. The van der Waals surface area contributed by atoms with Crippen molar-refractivity contribution in [1.29, 1.82) is 0 Å². The zero-order valence-electron chi connectivity index (χ0n) is 50.7. The van der Waals surface area contributed by atoms with Crippen molar-refractivity contribution in [2.24, 2.45) is 0 Å². The lowest BCUT2D eigenvalue weighted by molar-refractivity contribution is 0.0978. The number of rotatable bonds is 5. The van der Waals surface area contributed by atoms with Gasteiger partial charge in [0.1, 0.15) is 0 Å². The number of likely N-dealkylation sites (tertiary alicyclic amines) is 1. The molecular formula is C95H25NO2. The summed E-state index contributed by atoms with van der Waals surface area (Å²) in [4.78, 5) is 34.5. The average molecular weight is 1210 g/mol. The van der Waals surface area contributed by atoms with Crippen LogP contribution in [0.3, 0.4) is 0 Å². The minimum Gasteiger partial charge on any atom is -0.289 e. The van der Waals surface area contributed by atoms with Gasteiger partial charge in [-0.25, -0.2) is 0 Å². The molecule has 0 amide bonds. The van der Waals surface area contributed by atoms with Crippen LogP contribution in [0.2, 0.25) is 0 Å². The largest absolute Gasteiger partial charge is 0.289 e. The first-order valence-electron chi connectivity index (χ1n) is 35.7. The van der Waals surface area contributed by atoms with Crippen LogP contribution in [0.4, 0.5) is 0 Å². The molecule has 1 aliphatic heterocycles. The van der Waals surface area contributed by atoms with E-state index in [0.29, 0.717) is 28.8 Å². The maximum Gasteiger partial charge on any atom is 0.194 e. The number of ketones is 2. The summed E-state index contributed by atoms with van der Waals surface area (Å²) in [7, 11) is 0. The zero-order chi connectivity index (χ0) is 60.2. The molecule has 1 saturated heterocycles. The minimum absolute atomic E-state index is 0.0601. The molecule has 0 saturated carbocycles. The maximum absolute atomic E-state index is 16.0. The van der Waals surface area contributed by atoms with E-state index >= 15 is 9.59 Å². The summed E-state index contributed by atoms with van der Waals surface area (Å²) < 4.78 is 0. The van der Waals surface area contributed by atoms with Crippen molar-refractivity contribution >= 4 is 302 Å². The van der Waals surface area contributed by atoms with E-state index in [1.807, 2.05) is 24.3 Å². The van der Waals surface area contributed by atoms with E-state index in [2.05, 4.69) is 114 Å². The molecule has 0 N–H and O–H groups in total. The molecule has 33 aromatic rings. The second-order valence-corrected chi connectivity index (χ2v) is 33.3. The summed E-state index contributed by atoms with van der Waals surface area (Å²) in [6.45, 7) is 0.707. The molecule has 1 heterocycles. The molecule has 3 nitrogen and oxygen atoms in total. The number of hydrogen-bond donors (Lipinski definition) is 0. The number of carbonyl (C=O) groups excluding carboxylic acids is 2. The predicted molar refractivity (Wildman–Crippen MR) is 402 cm³/mol. The normalized spacial score (nSPS) is 21.0. The highest BCUT2D eigenvalue weighted by Crippen LogP contribution is 2.88. The molecule has 1 atom stereocenters. The van der Waals surface area contributed by atoms with Crippen molar-refractivity contribution in [1.82, 2.24) is 4.90 Å². The highest BCUT2D eigenvalue weighted by Gasteiger charge is 2.78. The van der Waals surface area contributed by atoms with Gasteiger partial charge in [0.15, 0.2) is 11.6 Å². The first-order chi connectivity index (χ1) is 48.7. The lowest BCUT2D eigenvalue weighted by Gasteiger charge is -2.53. The molecule has 0 aromatic heterocycles. The van der Waals surface area contributed by atoms with Gasteiger partial charge >= 0.3 is 0 Å². The van der Waals surface area contributed by atoms with Gasteiger partial charge in [0.25, 0.3) is 0 Å². The Morgan fingerprint density at radius 3 is 0.745 bits per heavy atom. The van der Waals surface area contributed by atoms with Crippen molar-refractivity contribution in [3.63, 3.8) is 0 Å². The molecule has 1 fully saturated rings. The summed E-state index contributed by atoms with van der Waals surface area (Å²) >= 11 is 0. The highest BCUT2D eigenvalue weighted by atomic mass is 16.1. The molecule has 0 radical (unpaired) electrons. The van der Waals surface area contributed by atoms with Crippen molar-refractivity contribution in [3.05, 3.63) is 200 Å². The van der Waals surface area contributed by atoms with E-state index < -0.39 is 22.4 Å². The van der Waals surface area contributed by atoms with Crippen LogP contribution < -0.4 is 0 Å². The lowest BCUT2D eigenvalue weighted by Crippen LogP contribution is -2.52. The Kier molecular flexibility index (Phi) is 4.37. The number of carbonyl (C=O) groups is 2. The quantitative estimate of drug-likeness (QED) is 0.127. The van der Waals surface area contributed by atoms with Crippen LogP contribution in [0.25, 0.3) is 291 Å². The molecule has 5 aliphatic carbocycles. The SMILES string of the molecule is O=C1c2ccccc2C(=O)c2cc(C3N(C(c4ccccc4)(c4ccccc4)c4ccccc4)CC45c6c7c8c9c%10c%11c(c%12c%13c4c4c6c6c%14c7c7c8c8c%10c%10c%15c%11c%11c%12c%12c%13c%13c4c4c6c6c%14c%14c7c7c8c%10c8c%10c%15c%11c%11c%12c%12c%13c4c4c6c6c%14c7c8c7c%10c%11c%12c4c67)C935)ccc21. The first-order valence-corrected chi connectivity index (χ1v) is 35.7. The Labute approximate surface area is 542 Å². The van der Waals surface area contributed by atoms with Gasteiger partial charge in [0.05, 0.1) is 22.4 Å². The fourth-order valence-electron chi connectivity index (χ4n) is 30.9. The summed E-state index contributed by atoms with van der Waals surface area (Å²) in [5.74, 6) is -0.128. The van der Waals surface area contributed by atoms with Gasteiger partial charge in [-0.2, -0.15) is 0 Å². The highest BCUT2D eigenvalue weighted by molar-refractivity contribution is 6.82. The molecular weight excluding hydrogens is 1190 g/mol. The number of benzene rings is 23. The van der Waals surface area contributed by atoms with E-state index in [-0.39, 0.29) is 11.6 Å². The summed E-state index contributed by atoms with van der Waals surface area (Å²) in [6, 6.07) is 49.0. The van der Waals surface area contributed by atoms with Crippen LogP contribution >= 0.6 is 0 Å².